The summed E-state index contributed by atoms with van der Waals surface area (Å²) >= 11 is 1.41. The van der Waals surface area contributed by atoms with Crippen LogP contribution in [0.15, 0.2) is 47.1 Å². The van der Waals surface area contributed by atoms with Crippen molar-refractivity contribution in [1.82, 2.24) is 5.32 Å². The number of benzene rings is 1. The van der Waals surface area contributed by atoms with Gasteiger partial charge in [0.1, 0.15) is 10.6 Å². The number of carbonyl (C=O) groups excluding carboxylic acids is 1. The summed E-state index contributed by atoms with van der Waals surface area (Å²) in [6.45, 7) is 12.5. The molecule has 0 aliphatic heterocycles. The first kappa shape index (κ1) is 21.8. The molecule has 0 fully saturated rings. The lowest BCUT2D eigenvalue weighted by Gasteiger charge is -2.17. The molecule has 0 bridgehead atoms. The standard InChI is InChI=1S/C20H29N3O2S/c1-6-7-14-22-15(2)26-19(23-21)17-11-8-16(9-12-17)10-13-18(24)25-20(3,4)5/h8-13,22H,2,6-7,14,21H2,1,3-5H3/b13-10+,23-19-. The van der Waals surface area contributed by atoms with Crippen molar-refractivity contribution in [2.45, 2.75) is 46.1 Å². The highest BCUT2D eigenvalue weighted by atomic mass is 32.2. The summed E-state index contributed by atoms with van der Waals surface area (Å²) in [6, 6.07) is 7.62. The zero-order valence-corrected chi connectivity index (χ0v) is 16.9. The van der Waals surface area contributed by atoms with Gasteiger partial charge in [-0.2, -0.15) is 5.10 Å². The lowest BCUT2D eigenvalue weighted by Crippen LogP contribution is -2.22. The summed E-state index contributed by atoms with van der Waals surface area (Å²) in [5.41, 5.74) is 1.29. The zero-order chi connectivity index (χ0) is 19.6. The van der Waals surface area contributed by atoms with Gasteiger partial charge in [0, 0.05) is 18.2 Å². The molecule has 0 unspecified atom stereocenters. The molecule has 0 saturated heterocycles. The molecule has 0 spiro atoms. The van der Waals surface area contributed by atoms with Crippen LogP contribution in [-0.4, -0.2) is 23.2 Å². The molecule has 1 rings (SSSR count). The van der Waals surface area contributed by atoms with Crippen LogP contribution in [0.5, 0.6) is 0 Å². The Morgan fingerprint density at radius 2 is 2.00 bits per heavy atom. The number of hydrogen-bond acceptors (Lipinski definition) is 6. The van der Waals surface area contributed by atoms with Crippen molar-refractivity contribution in [3.63, 3.8) is 0 Å². The SMILES string of the molecule is C=C(NCCCC)S/C(=N\N)c1ccc(/C=C/C(=O)OC(C)(C)C)cc1. The van der Waals surface area contributed by atoms with Crippen molar-refractivity contribution in [3.05, 3.63) is 53.1 Å². The van der Waals surface area contributed by atoms with Crippen LogP contribution >= 0.6 is 11.8 Å². The maximum atomic E-state index is 11.7. The van der Waals surface area contributed by atoms with Crippen molar-refractivity contribution >= 4 is 28.9 Å². The quantitative estimate of drug-likeness (QED) is 0.135. The molecule has 0 aliphatic carbocycles. The van der Waals surface area contributed by atoms with Gasteiger partial charge in [0.2, 0.25) is 0 Å². The van der Waals surface area contributed by atoms with E-state index >= 15 is 0 Å². The number of thioether (sulfide) groups is 1. The number of rotatable bonds is 8. The number of nitrogens with zero attached hydrogens (tertiary/aromatic N) is 1. The molecule has 26 heavy (non-hydrogen) atoms. The lowest BCUT2D eigenvalue weighted by molar-refractivity contribution is -0.148. The van der Waals surface area contributed by atoms with E-state index in [4.69, 9.17) is 10.6 Å². The fourth-order valence-electron chi connectivity index (χ4n) is 1.95. The molecule has 0 aliphatic rings. The third kappa shape index (κ3) is 8.76. The summed E-state index contributed by atoms with van der Waals surface area (Å²) in [7, 11) is 0. The number of esters is 1. The van der Waals surface area contributed by atoms with Crippen LogP contribution in [0.25, 0.3) is 6.08 Å². The maximum Gasteiger partial charge on any atom is 0.331 e. The van der Waals surface area contributed by atoms with Crippen LogP contribution in [0.3, 0.4) is 0 Å². The van der Waals surface area contributed by atoms with Crippen LogP contribution in [-0.2, 0) is 9.53 Å². The van der Waals surface area contributed by atoms with E-state index in [0.29, 0.717) is 5.04 Å². The lowest BCUT2D eigenvalue weighted by atomic mass is 10.1. The average Bonchev–Trinajstić information content (AvgIpc) is 2.57. The Balaban J connectivity index is 2.67. The second kappa shape index (κ2) is 10.7. The summed E-state index contributed by atoms with van der Waals surface area (Å²) in [6.07, 6.45) is 5.36. The highest BCUT2D eigenvalue weighted by Crippen LogP contribution is 2.20. The minimum Gasteiger partial charge on any atom is -0.457 e. The number of ether oxygens (including phenoxy) is 1. The Morgan fingerprint density at radius 3 is 2.54 bits per heavy atom. The summed E-state index contributed by atoms with van der Waals surface area (Å²) in [4.78, 5) is 11.7. The van der Waals surface area contributed by atoms with Gasteiger partial charge in [-0.05, 0) is 38.8 Å². The van der Waals surface area contributed by atoms with Crippen LogP contribution in [0, 0.1) is 0 Å². The van der Waals surface area contributed by atoms with E-state index < -0.39 is 5.60 Å². The molecule has 0 heterocycles. The number of hydrazone groups is 1. The van der Waals surface area contributed by atoms with Crippen LogP contribution in [0.1, 0.15) is 51.7 Å². The Hall–Kier alpha value is -2.21. The van der Waals surface area contributed by atoms with E-state index in [0.717, 1.165) is 35.5 Å². The van der Waals surface area contributed by atoms with Crippen molar-refractivity contribution in [3.8, 4) is 0 Å². The van der Waals surface area contributed by atoms with Crippen LogP contribution in [0.2, 0.25) is 0 Å². The molecule has 0 radical (unpaired) electrons. The molecular formula is C20H29N3O2S. The zero-order valence-electron chi connectivity index (χ0n) is 16.0. The molecule has 5 nitrogen and oxygen atoms in total. The minimum absolute atomic E-state index is 0.365. The van der Waals surface area contributed by atoms with Crippen LogP contribution < -0.4 is 11.2 Å². The van der Waals surface area contributed by atoms with Crippen LogP contribution in [0.4, 0.5) is 0 Å². The maximum absolute atomic E-state index is 11.7. The molecule has 1 aromatic rings. The average molecular weight is 376 g/mol. The summed E-state index contributed by atoms with van der Waals surface area (Å²) in [5.74, 6) is 5.16. The molecule has 0 atom stereocenters. The topological polar surface area (TPSA) is 76.7 Å². The van der Waals surface area contributed by atoms with Gasteiger partial charge in [-0.1, -0.05) is 56.0 Å². The van der Waals surface area contributed by atoms with Gasteiger partial charge in [-0.25, -0.2) is 4.79 Å². The van der Waals surface area contributed by atoms with Gasteiger partial charge in [0.25, 0.3) is 0 Å². The fourth-order valence-corrected chi connectivity index (χ4v) is 2.67. The molecule has 0 saturated carbocycles. The molecule has 0 aromatic heterocycles. The fraction of sp³-hybridized carbons (Fsp3) is 0.400. The molecule has 6 heteroatoms. The van der Waals surface area contributed by atoms with Crippen molar-refractivity contribution < 1.29 is 9.53 Å². The Bertz CT molecular complexity index is 659. The van der Waals surface area contributed by atoms with Crippen molar-refractivity contribution in [2.24, 2.45) is 10.9 Å². The van der Waals surface area contributed by atoms with Crippen molar-refractivity contribution in [2.75, 3.05) is 6.54 Å². The number of carbonyl (C=O) groups is 1. The molecular weight excluding hydrogens is 346 g/mol. The number of nitrogens with one attached hydrogen (secondary N) is 1. The molecule has 142 valence electrons. The highest BCUT2D eigenvalue weighted by molar-refractivity contribution is 8.17. The summed E-state index contributed by atoms with van der Waals surface area (Å²) < 4.78 is 5.24. The first-order valence-electron chi connectivity index (χ1n) is 8.65. The number of nitrogens with two attached hydrogens (primary N) is 1. The second-order valence-electron chi connectivity index (χ2n) is 6.73. The first-order chi connectivity index (χ1) is 12.2. The van der Waals surface area contributed by atoms with E-state index in [1.165, 1.54) is 17.8 Å². The minimum atomic E-state index is -0.497. The predicted octanol–water partition coefficient (Wildman–Crippen LogP) is 4.26. The smallest absolute Gasteiger partial charge is 0.331 e. The van der Waals surface area contributed by atoms with Gasteiger partial charge < -0.3 is 15.9 Å². The van der Waals surface area contributed by atoms with Gasteiger partial charge in [-0.15, -0.1) is 0 Å². The molecule has 1 aromatic carbocycles. The normalized spacial score (nSPS) is 12.2. The first-order valence-corrected chi connectivity index (χ1v) is 9.47. The van der Waals surface area contributed by atoms with Gasteiger partial charge in [0.15, 0.2) is 0 Å². The third-order valence-corrected chi connectivity index (χ3v) is 4.09. The van der Waals surface area contributed by atoms with E-state index in [2.05, 4.69) is 23.9 Å². The number of hydrogen-bond donors (Lipinski definition) is 2. The van der Waals surface area contributed by atoms with E-state index in [1.807, 2.05) is 45.0 Å². The summed E-state index contributed by atoms with van der Waals surface area (Å²) in [5, 5.41) is 8.61. The Labute approximate surface area is 160 Å². The van der Waals surface area contributed by atoms with Gasteiger partial charge >= 0.3 is 5.97 Å². The van der Waals surface area contributed by atoms with E-state index in [-0.39, 0.29) is 5.97 Å². The largest absolute Gasteiger partial charge is 0.457 e. The number of unbranched alkanes of at least 4 members (excludes halogenated alkanes) is 1. The predicted molar refractivity (Wildman–Crippen MR) is 112 cm³/mol. The van der Waals surface area contributed by atoms with Gasteiger partial charge in [0.05, 0.1) is 5.03 Å². The third-order valence-electron chi connectivity index (χ3n) is 3.17. The Morgan fingerprint density at radius 1 is 1.35 bits per heavy atom. The molecule has 0 amide bonds. The molecule has 3 N–H and O–H groups in total. The Kier molecular flexibility index (Phi) is 8.99. The van der Waals surface area contributed by atoms with Gasteiger partial charge in [-0.3, -0.25) is 0 Å². The monoisotopic (exact) mass is 375 g/mol. The highest BCUT2D eigenvalue weighted by Gasteiger charge is 2.13. The van der Waals surface area contributed by atoms with E-state index in [9.17, 15) is 4.79 Å². The van der Waals surface area contributed by atoms with Crippen molar-refractivity contribution in [1.29, 1.82) is 0 Å². The van der Waals surface area contributed by atoms with E-state index in [1.54, 1.807) is 6.08 Å². The second-order valence-corrected chi connectivity index (χ2v) is 7.81.